The first-order chi connectivity index (χ1) is 14.7. The molecule has 0 unspecified atom stereocenters. The molecule has 3 heteroatoms. The van der Waals surface area contributed by atoms with Gasteiger partial charge in [0.15, 0.2) is 0 Å². The molecule has 3 nitrogen and oxygen atoms in total. The minimum absolute atomic E-state index is 0.00855. The lowest BCUT2D eigenvalue weighted by molar-refractivity contribution is 0.0875. The van der Waals surface area contributed by atoms with Crippen molar-refractivity contribution in [3.8, 4) is 0 Å². The molecule has 0 saturated heterocycles. The number of rotatable bonds is 3. The molecule has 2 heterocycles. The molecular weight excluding hydrogens is 380 g/mol. The van der Waals surface area contributed by atoms with Gasteiger partial charge in [0.05, 0.1) is 0 Å². The molecule has 0 atom stereocenters. The van der Waals surface area contributed by atoms with E-state index >= 15 is 0 Å². The molecule has 0 bridgehead atoms. The van der Waals surface area contributed by atoms with Crippen LogP contribution in [0, 0.1) is 0 Å². The fraction of sp³-hybridized carbons (Fsp3) is 0.250. The summed E-state index contributed by atoms with van der Waals surface area (Å²) in [6, 6.07) is 3.89. The van der Waals surface area contributed by atoms with Gasteiger partial charge in [-0.25, -0.2) is 0 Å². The van der Waals surface area contributed by atoms with Crippen LogP contribution in [-0.4, -0.2) is 22.4 Å². The number of benzene rings is 1. The number of fused-ring (bicyclic) bond motifs is 2. The molecule has 1 aromatic heterocycles. The van der Waals surface area contributed by atoms with Gasteiger partial charge in [-0.1, -0.05) is 70.5 Å². The molecule has 164 valence electrons. The van der Waals surface area contributed by atoms with Gasteiger partial charge in [0.2, 0.25) is 0 Å². The minimum Gasteiger partial charge on any atom is -0.345 e. The number of carbonyl (C=O) groups excluding carboxylic acids is 1. The van der Waals surface area contributed by atoms with Crippen LogP contribution < -0.4 is 10.7 Å². The number of allylic oxidation sites excluding steroid dienone is 7. The van der Waals surface area contributed by atoms with Gasteiger partial charge in [-0.2, -0.15) is 0 Å². The van der Waals surface area contributed by atoms with Crippen molar-refractivity contribution >= 4 is 35.5 Å². The zero-order valence-corrected chi connectivity index (χ0v) is 20.2. The van der Waals surface area contributed by atoms with E-state index in [0.717, 1.165) is 32.7 Å². The highest BCUT2D eigenvalue weighted by molar-refractivity contribution is 6.11. The van der Waals surface area contributed by atoms with E-state index < -0.39 is 0 Å². The van der Waals surface area contributed by atoms with Crippen molar-refractivity contribution in [3.63, 3.8) is 0 Å². The third-order valence-electron chi connectivity index (χ3n) is 5.28. The molecule has 1 aliphatic rings. The first-order valence-corrected chi connectivity index (χ1v) is 10.6. The van der Waals surface area contributed by atoms with E-state index in [1.54, 1.807) is 11.9 Å². The van der Waals surface area contributed by atoms with Crippen LogP contribution in [-0.2, 0) is 7.05 Å². The van der Waals surface area contributed by atoms with Crippen LogP contribution in [0.3, 0.4) is 0 Å². The van der Waals surface area contributed by atoms with Gasteiger partial charge in [0.25, 0.3) is 5.91 Å². The summed E-state index contributed by atoms with van der Waals surface area (Å²) < 4.78 is 1.94. The Hall–Kier alpha value is -3.33. The van der Waals surface area contributed by atoms with Gasteiger partial charge in [0, 0.05) is 52.4 Å². The van der Waals surface area contributed by atoms with Gasteiger partial charge in [0.1, 0.15) is 0 Å². The molecule has 1 aromatic carbocycles. The third kappa shape index (κ3) is 5.05. The Bertz CT molecular complexity index is 1120. The lowest BCUT2D eigenvalue weighted by Crippen LogP contribution is -2.20. The van der Waals surface area contributed by atoms with Crippen molar-refractivity contribution in [1.82, 2.24) is 9.47 Å². The van der Waals surface area contributed by atoms with Crippen LogP contribution in [0.5, 0.6) is 0 Å². The summed E-state index contributed by atoms with van der Waals surface area (Å²) in [7, 11) is 3.67. The normalized spacial score (nSPS) is 13.7. The number of hydrogen-bond donors (Lipinski definition) is 0. The first kappa shape index (κ1) is 25.7. The SMILES string of the molecule is C=C1c2cc3c(=C)n(C)c(=C)c3cc2C(=O)N1C.C=CC(/C=C\C)=C(C)\C=C/C.CC. The van der Waals surface area contributed by atoms with Gasteiger partial charge in [-0.05, 0) is 44.1 Å². The van der Waals surface area contributed by atoms with E-state index in [4.69, 9.17) is 0 Å². The molecule has 2 aromatic rings. The van der Waals surface area contributed by atoms with Gasteiger partial charge >= 0.3 is 0 Å². The van der Waals surface area contributed by atoms with Crippen LogP contribution in [0.1, 0.15) is 50.5 Å². The Kier molecular flexibility index (Phi) is 9.26. The Morgan fingerprint density at radius 3 is 1.84 bits per heavy atom. The van der Waals surface area contributed by atoms with Gasteiger partial charge in [-0.15, -0.1) is 0 Å². The van der Waals surface area contributed by atoms with E-state index in [1.807, 2.05) is 69.7 Å². The van der Waals surface area contributed by atoms with Crippen molar-refractivity contribution in [1.29, 1.82) is 0 Å². The van der Waals surface area contributed by atoms with Crippen molar-refractivity contribution in [2.75, 3.05) is 7.05 Å². The number of amides is 1. The van der Waals surface area contributed by atoms with E-state index in [0.29, 0.717) is 5.56 Å². The van der Waals surface area contributed by atoms with Crippen LogP contribution in [0.15, 0.2) is 66.8 Å². The molecule has 0 aliphatic carbocycles. The van der Waals surface area contributed by atoms with Crippen molar-refractivity contribution in [2.24, 2.45) is 7.05 Å². The predicted molar refractivity (Wildman–Crippen MR) is 138 cm³/mol. The summed E-state index contributed by atoms with van der Waals surface area (Å²) in [5.41, 5.74) is 4.77. The van der Waals surface area contributed by atoms with Crippen molar-refractivity contribution < 1.29 is 4.79 Å². The smallest absolute Gasteiger partial charge is 0.258 e. The fourth-order valence-corrected chi connectivity index (χ4v) is 3.39. The lowest BCUT2D eigenvalue weighted by atomic mass is 10.0. The predicted octanol–water partition coefficient (Wildman–Crippen LogP) is 5.72. The molecule has 1 amide bonds. The van der Waals surface area contributed by atoms with Crippen molar-refractivity contribution in [2.45, 2.75) is 34.6 Å². The highest BCUT2D eigenvalue weighted by Gasteiger charge is 2.28. The van der Waals surface area contributed by atoms with Gasteiger partial charge < -0.3 is 9.47 Å². The third-order valence-corrected chi connectivity index (χ3v) is 5.28. The minimum atomic E-state index is -0.00855. The number of carbonyl (C=O) groups is 1. The summed E-state index contributed by atoms with van der Waals surface area (Å²) >= 11 is 0. The number of hydrogen-bond acceptors (Lipinski definition) is 1. The second-order valence-corrected chi connectivity index (χ2v) is 7.05. The van der Waals surface area contributed by atoms with Gasteiger partial charge in [-0.3, -0.25) is 4.79 Å². The summed E-state index contributed by atoms with van der Waals surface area (Å²) in [6.45, 7) is 25.9. The fourth-order valence-electron chi connectivity index (χ4n) is 3.39. The molecule has 0 spiro atoms. The van der Waals surface area contributed by atoms with Crippen LogP contribution in [0.2, 0.25) is 0 Å². The zero-order chi connectivity index (χ0) is 23.9. The molecule has 0 radical (unpaired) electrons. The Morgan fingerprint density at radius 2 is 1.39 bits per heavy atom. The maximum atomic E-state index is 12.1. The topological polar surface area (TPSA) is 25.2 Å². The van der Waals surface area contributed by atoms with Crippen LogP contribution in [0.4, 0.5) is 0 Å². The van der Waals surface area contributed by atoms with Crippen LogP contribution in [0.25, 0.3) is 29.6 Å². The second-order valence-electron chi connectivity index (χ2n) is 7.05. The summed E-state index contributed by atoms with van der Waals surface area (Å²) in [5.74, 6) is -0.00855. The second kappa shape index (κ2) is 11.2. The molecular formula is C28H36N2O. The Labute approximate surface area is 187 Å². The molecule has 0 saturated carbocycles. The Balaban J connectivity index is 0.000000321. The highest BCUT2D eigenvalue weighted by Crippen LogP contribution is 2.31. The molecule has 3 rings (SSSR count). The first-order valence-electron chi connectivity index (χ1n) is 10.6. The lowest BCUT2D eigenvalue weighted by Gasteiger charge is -2.08. The zero-order valence-electron chi connectivity index (χ0n) is 20.2. The number of aromatic nitrogens is 1. The Morgan fingerprint density at radius 1 is 0.903 bits per heavy atom. The van der Waals surface area contributed by atoms with Crippen LogP contribution >= 0.6 is 0 Å². The largest absolute Gasteiger partial charge is 0.345 e. The monoisotopic (exact) mass is 416 g/mol. The number of nitrogens with zero attached hydrogens (tertiary/aromatic N) is 2. The molecule has 1 aliphatic heterocycles. The summed E-state index contributed by atoms with van der Waals surface area (Å²) in [6.07, 6.45) is 10.1. The molecule has 31 heavy (non-hydrogen) atoms. The van der Waals surface area contributed by atoms with Crippen molar-refractivity contribution in [3.05, 3.63) is 88.6 Å². The average molecular weight is 417 g/mol. The molecule has 0 N–H and O–H groups in total. The summed E-state index contributed by atoms with van der Waals surface area (Å²) in [4.78, 5) is 13.7. The highest BCUT2D eigenvalue weighted by atomic mass is 16.2. The quantitative estimate of drug-likeness (QED) is 0.587. The maximum absolute atomic E-state index is 12.1. The van der Waals surface area contributed by atoms with E-state index in [1.165, 1.54) is 11.1 Å². The average Bonchev–Trinajstić information content (AvgIpc) is 3.12. The van der Waals surface area contributed by atoms with E-state index in [2.05, 4.69) is 45.4 Å². The van der Waals surface area contributed by atoms with E-state index in [9.17, 15) is 4.79 Å². The maximum Gasteiger partial charge on any atom is 0.258 e. The standard InChI is InChI=1S/C15H14N2O.C11H16.C2H6/c1-8-11-6-13-10(3)17(5)15(18)14(13)7-12(11)9(2)16(8)4;1-5-8-10(4)11(7-3)9-6-2;1-2/h6-7H,1-3H2,4-5H3;5-9H,3H2,1-2,4H3;1-2H3/b;8-5-,9-6-,11-10+;. The van der Waals surface area contributed by atoms with E-state index in [-0.39, 0.29) is 5.91 Å². The molecule has 0 fully saturated rings. The summed E-state index contributed by atoms with van der Waals surface area (Å²) in [5, 5.41) is 3.81.